The molecule has 2 aliphatic carbocycles. The van der Waals surface area contributed by atoms with Gasteiger partial charge in [0.15, 0.2) is 0 Å². The van der Waals surface area contributed by atoms with Crippen LogP contribution in [0.25, 0.3) is 0 Å². The maximum absolute atomic E-state index is 12.3. The lowest BCUT2D eigenvalue weighted by molar-refractivity contribution is -0.145. The van der Waals surface area contributed by atoms with Gasteiger partial charge in [-0.25, -0.2) is 4.79 Å². The molecule has 1 fully saturated rings. The number of allylic oxidation sites excluding steroid dienone is 2. The number of aromatic nitrogens is 1. The van der Waals surface area contributed by atoms with Crippen LogP contribution in [0.5, 0.6) is 0 Å². The first-order valence-electron chi connectivity index (χ1n) is 11.2. The molecule has 180 valence electrons. The molecule has 1 aromatic heterocycles. The molecule has 9 nitrogen and oxygen atoms in total. The molecular weight excluding hydrogens is 460 g/mol. The van der Waals surface area contributed by atoms with Gasteiger partial charge in [0.05, 0.1) is 18.2 Å². The predicted molar refractivity (Wildman–Crippen MR) is 128 cm³/mol. The summed E-state index contributed by atoms with van der Waals surface area (Å²) in [7, 11) is 0. The molecule has 0 saturated heterocycles. The summed E-state index contributed by atoms with van der Waals surface area (Å²) in [5, 5.41) is 19.4. The van der Waals surface area contributed by atoms with Gasteiger partial charge in [0.1, 0.15) is 11.8 Å². The van der Waals surface area contributed by atoms with Crippen molar-refractivity contribution < 1.29 is 24.0 Å². The zero-order valence-corrected chi connectivity index (χ0v) is 19.5. The van der Waals surface area contributed by atoms with Crippen LogP contribution < -0.4 is 10.6 Å². The van der Waals surface area contributed by atoms with Gasteiger partial charge in [-0.05, 0) is 50.7 Å². The zero-order chi connectivity index (χ0) is 24.1. The van der Waals surface area contributed by atoms with Crippen LogP contribution in [0.2, 0.25) is 5.02 Å². The van der Waals surface area contributed by atoms with E-state index in [1.807, 2.05) is 24.3 Å². The number of carboxylic acid groups (broad SMARTS) is 1. The van der Waals surface area contributed by atoms with Crippen molar-refractivity contribution in [1.82, 2.24) is 5.16 Å². The van der Waals surface area contributed by atoms with E-state index in [4.69, 9.17) is 20.9 Å². The van der Waals surface area contributed by atoms with Gasteiger partial charge >= 0.3 is 12.1 Å². The highest BCUT2D eigenvalue weighted by Gasteiger charge is 2.55. The number of aliphatic carboxylic acids is 1. The van der Waals surface area contributed by atoms with Gasteiger partial charge in [-0.3, -0.25) is 15.1 Å². The predicted octanol–water partition coefficient (Wildman–Crippen LogP) is 5.32. The minimum Gasteiger partial charge on any atom is -0.481 e. The van der Waals surface area contributed by atoms with Gasteiger partial charge in [-0.2, -0.15) is 0 Å². The van der Waals surface area contributed by atoms with Crippen molar-refractivity contribution in [2.24, 2.45) is 16.3 Å². The average Bonchev–Trinajstić information content (AvgIpc) is 3.53. The smallest absolute Gasteiger partial charge is 0.412 e. The molecule has 0 bridgehead atoms. The lowest BCUT2D eigenvalue weighted by Crippen LogP contribution is -2.26. The van der Waals surface area contributed by atoms with Gasteiger partial charge < -0.3 is 19.7 Å². The normalized spacial score (nSPS) is 20.5. The summed E-state index contributed by atoms with van der Waals surface area (Å²) >= 11 is 6.15. The van der Waals surface area contributed by atoms with Crippen LogP contribution in [0.4, 0.5) is 16.4 Å². The van der Waals surface area contributed by atoms with Crippen LogP contribution in [0.15, 0.2) is 52.1 Å². The highest BCUT2D eigenvalue weighted by Crippen LogP contribution is 2.55. The minimum absolute atomic E-state index is 0.0882. The van der Waals surface area contributed by atoms with E-state index in [9.17, 15) is 14.7 Å². The van der Waals surface area contributed by atoms with E-state index < -0.39 is 23.6 Å². The number of carbonyl (C=O) groups excluding carboxylic acids is 1. The number of hydrogen-bond donors (Lipinski definition) is 3. The van der Waals surface area contributed by atoms with E-state index in [2.05, 4.69) is 20.8 Å². The van der Waals surface area contributed by atoms with Crippen molar-refractivity contribution in [1.29, 1.82) is 0 Å². The third-order valence-electron chi connectivity index (χ3n) is 6.30. The van der Waals surface area contributed by atoms with Crippen molar-refractivity contribution in [3.8, 4) is 0 Å². The summed E-state index contributed by atoms with van der Waals surface area (Å²) in [5.74, 6) is -0.297. The van der Waals surface area contributed by atoms with Crippen LogP contribution >= 0.6 is 11.6 Å². The third kappa shape index (κ3) is 5.41. The second-order valence-corrected chi connectivity index (χ2v) is 8.94. The summed E-state index contributed by atoms with van der Waals surface area (Å²) in [6.07, 6.45) is 7.21. The third-order valence-corrected chi connectivity index (χ3v) is 6.65. The lowest BCUT2D eigenvalue weighted by atomic mass is 9.81. The fourth-order valence-electron chi connectivity index (χ4n) is 4.17. The molecule has 2 aromatic rings. The van der Waals surface area contributed by atoms with E-state index in [1.165, 1.54) is 6.20 Å². The van der Waals surface area contributed by atoms with Crippen LogP contribution in [-0.4, -0.2) is 41.1 Å². The standard InChI is InChI=1S/C24H27ClN4O5/c1-15(18-4-2-3-5-19(18)25)33-23(32)29-20-14-28-34-21(20)27-13-12-26-17-8-6-16(7-9-17)24(10-11-24)22(30)31/h2-6,8,14-16,27H,7,9-13H2,1H3,(H,29,32)(H,30,31). The van der Waals surface area contributed by atoms with Crippen molar-refractivity contribution in [3.63, 3.8) is 0 Å². The summed E-state index contributed by atoms with van der Waals surface area (Å²) < 4.78 is 10.6. The number of nitrogens with one attached hydrogen (secondary N) is 2. The Bertz CT molecular complexity index is 1110. The Morgan fingerprint density at radius 3 is 2.85 bits per heavy atom. The Hall–Kier alpha value is -3.33. The van der Waals surface area contributed by atoms with E-state index in [0.29, 0.717) is 35.2 Å². The summed E-state index contributed by atoms with van der Waals surface area (Å²) in [4.78, 5) is 28.4. The summed E-state index contributed by atoms with van der Waals surface area (Å²) in [6, 6.07) is 7.17. The van der Waals surface area contributed by atoms with Gasteiger partial charge in [0, 0.05) is 22.8 Å². The molecule has 2 unspecified atom stereocenters. The number of carbonyl (C=O) groups is 2. The number of halogens is 1. The number of anilines is 2. The first kappa shape index (κ1) is 23.8. The van der Waals surface area contributed by atoms with Gasteiger partial charge in [0.2, 0.25) is 5.88 Å². The molecule has 0 spiro atoms. The van der Waals surface area contributed by atoms with Crippen molar-refractivity contribution >= 4 is 40.9 Å². The number of amides is 1. The van der Waals surface area contributed by atoms with Crippen molar-refractivity contribution in [2.45, 2.75) is 38.7 Å². The van der Waals surface area contributed by atoms with Crippen molar-refractivity contribution in [3.05, 3.63) is 53.2 Å². The molecule has 10 heteroatoms. The number of nitrogens with zero attached hydrogens (tertiary/aromatic N) is 2. The van der Waals surface area contributed by atoms with Crippen LogP contribution in [0.1, 0.15) is 44.3 Å². The monoisotopic (exact) mass is 486 g/mol. The molecule has 1 saturated carbocycles. The molecule has 1 aromatic carbocycles. The Morgan fingerprint density at radius 2 is 2.18 bits per heavy atom. The Labute approximate surface area is 202 Å². The number of ether oxygens (including phenoxy) is 1. The van der Waals surface area contributed by atoms with Crippen LogP contribution in [0.3, 0.4) is 0 Å². The second-order valence-electron chi connectivity index (χ2n) is 8.53. The summed E-state index contributed by atoms with van der Waals surface area (Å²) in [5.41, 5.74) is 1.46. The number of hydrogen-bond acceptors (Lipinski definition) is 7. The quantitative estimate of drug-likeness (QED) is 0.409. The molecule has 1 heterocycles. The molecule has 4 rings (SSSR count). The Kier molecular flexibility index (Phi) is 7.21. The SMILES string of the molecule is CC(OC(=O)Nc1cnoc1NCCN=C1C=CC(C2(C(=O)O)CC2)CC1)c1ccccc1Cl. The van der Waals surface area contributed by atoms with Crippen LogP contribution in [0, 0.1) is 11.3 Å². The maximum Gasteiger partial charge on any atom is 0.412 e. The molecule has 2 atom stereocenters. The van der Waals surface area contributed by atoms with Crippen molar-refractivity contribution in [2.75, 3.05) is 23.7 Å². The van der Waals surface area contributed by atoms with E-state index in [1.54, 1.807) is 19.1 Å². The second kappa shape index (κ2) is 10.3. The molecule has 0 radical (unpaired) electrons. The van der Waals surface area contributed by atoms with Gasteiger partial charge in [-0.15, -0.1) is 0 Å². The fourth-order valence-corrected chi connectivity index (χ4v) is 4.46. The highest BCUT2D eigenvalue weighted by atomic mass is 35.5. The number of rotatable bonds is 9. The number of carboxylic acids is 1. The Morgan fingerprint density at radius 1 is 1.38 bits per heavy atom. The Balaban J connectivity index is 1.23. The van der Waals surface area contributed by atoms with E-state index >= 15 is 0 Å². The average molecular weight is 487 g/mol. The molecule has 0 aliphatic heterocycles. The minimum atomic E-state index is -0.689. The van der Waals surface area contributed by atoms with E-state index in [0.717, 1.165) is 31.4 Å². The van der Waals surface area contributed by atoms with E-state index in [-0.39, 0.29) is 5.92 Å². The first-order chi connectivity index (χ1) is 16.4. The van der Waals surface area contributed by atoms with Crippen LogP contribution in [-0.2, 0) is 9.53 Å². The topological polar surface area (TPSA) is 126 Å². The first-order valence-corrected chi connectivity index (χ1v) is 11.6. The number of benzene rings is 1. The van der Waals surface area contributed by atoms with Gasteiger partial charge in [0.25, 0.3) is 0 Å². The fraction of sp³-hybridized carbons (Fsp3) is 0.417. The lowest BCUT2D eigenvalue weighted by Gasteiger charge is -2.23. The molecular formula is C24H27ClN4O5. The molecule has 2 aliphatic rings. The van der Waals surface area contributed by atoms with Gasteiger partial charge in [-0.1, -0.05) is 41.0 Å². The maximum atomic E-state index is 12.3. The largest absolute Gasteiger partial charge is 0.481 e. The molecule has 1 amide bonds. The number of aliphatic imine (C=N–C) groups is 1. The molecule has 34 heavy (non-hydrogen) atoms. The molecule has 3 N–H and O–H groups in total. The highest BCUT2D eigenvalue weighted by molar-refractivity contribution is 6.31. The summed E-state index contributed by atoms with van der Waals surface area (Å²) in [6.45, 7) is 2.69. The zero-order valence-electron chi connectivity index (χ0n) is 18.8.